The molecule has 0 aromatic heterocycles. The fourth-order valence-corrected chi connectivity index (χ4v) is 2.68. The average Bonchev–Trinajstić information content (AvgIpc) is 3.05. The van der Waals surface area contributed by atoms with E-state index in [0.717, 1.165) is 32.4 Å². The molecule has 5 nitrogen and oxygen atoms in total. The molecule has 1 aliphatic rings. The molecule has 1 aromatic carbocycles. The Morgan fingerprint density at radius 3 is 2.82 bits per heavy atom. The van der Waals surface area contributed by atoms with Crippen LogP contribution in [0.15, 0.2) is 30.3 Å². The number of nitrogens with zero attached hydrogens (tertiary/aromatic N) is 1. The van der Waals surface area contributed by atoms with Crippen molar-refractivity contribution >= 4 is 5.91 Å². The van der Waals surface area contributed by atoms with Gasteiger partial charge in [0.15, 0.2) is 0 Å². The SMILES string of the molecule is NCCN(CCc1ccccc1)C(=O)CNCC1CCCO1. The molecule has 122 valence electrons. The van der Waals surface area contributed by atoms with Crippen molar-refractivity contribution in [3.05, 3.63) is 35.9 Å². The fraction of sp³-hybridized carbons (Fsp3) is 0.588. The monoisotopic (exact) mass is 305 g/mol. The van der Waals surface area contributed by atoms with Gasteiger partial charge in [-0.15, -0.1) is 0 Å². The predicted molar refractivity (Wildman–Crippen MR) is 87.6 cm³/mol. The fourth-order valence-electron chi connectivity index (χ4n) is 2.68. The van der Waals surface area contributed by atoms with Gasteiger partial charge >= 0.3 is 0 Å². The zero-order valence-corrected chi connectivity index (χ0v) is 13.2. The average molecular weight is 305 g/mol. The largest absolute Gasteiger partial charge is 0.377 e. The van der Waals surface area contributed by atoms with Crippen LogP contribution in [0.3, 0.4) is 0 Å². The second-order valence-electron chi connectivity index (χ2n) is 5.67. The number of rotatable bonds is 9. The van der Waals surface area contributed by atoms with Crippen LogP contribution in [0.1, 0.15) is 18.4 Å². The molecule has 1 atom stereocenters. The number of benzene rings is 1. The number of hydrogen-bond donors (Lipinski definition) is 2. The standard InChI is InChI=1S/C17H27N3O2/c18-9-11-20(10-8-15-5-2-1-3-6-15)17(21)14-19-13-16-7-4-12-22-16/h1-3,5-6,16,19H,4,7-14,18H2. The first kappa shape index (κ1) is 16.9. The van der Waals surface area contributed by atoms with Crippen molar-refractivity contribution in [3.63, 3.8) is 0 Å². The Morgan fingerprint density at radius 1 is 1.32 bits per heavy atom. The third-order valence-corrected chi connectivity index (χ3v) is 3.94. The normalized spacial score (nSPS) is 17.6. The highest BCUT2D eigenvalue weighted by molar-refractivity contribution is 5.78. The van der Waals surface area contributed by atoms with Crippen molar-refractivity contribution in [2.24, 2.45) is 5.73 Å². The number of nitrogens with two attached hydrogens (primary N) is 1. The Bertz CT molecular complexity index is 433. The van der Waals surface area contributed by atoms with Crippen LogP contribution in [0.2, 0.25) is 0 Å². The first-order chi connectivity index (χ1) is 10.8. The van der Waals surface area contributed by atoms with E-state index in [9.17, 15) is 4.79 Å². The van der Waals surface area contributed by atoms with Crippen LogP contribution < -0.4 is 11.1 Å². The summed E-state index contributed by atoms with van der Waals surface area (Å²) in [5.41, 5.74) is 6.87. The first-order valence-corrected chi connectivity index (χ1v) is 8.13. The van der Waals surface area contributed by atoms with E-state index in [2.05, 4.69) is 17.4 Å². The molecule has 1 unspecified atom stereocenters. The van der Waals surface area contributed by atoms with Crippen molar-refractivity contribution in [3.8, 4) is 0 Å². The summed E-state index contributed by atoms with van der Waals surface area (Å²) in [7, 11) is 0. The Kier molecular flexibility index (Phi) is 7.36. The summed E-state index contributed by atoms with van der Waals surface area (Å²) >= 11 is 0. The molecule has 0 bridgehead atoms. The molecule has 5 heteroatoms. The van der Waals surface area contributed by atoms with Gasteiger partial charge in [0.1, 0.15) is 0 Å². The minimum absolute atomic E-state index is 0.111. The Balaban J connectivity index is 1.72. The van der Waals surface area contributed by atoms with Crippen molar-refractivity contribution in [1.29, 1.82) is 0 Å². The Morgan fingerprint density at radius 2 is 2.14 bits per heavy atom. The number of amides is 1. The summed E-state index contributed by atoms with van der Waals surface area (Å²) in [6, 6.07) is 10.2. The van der Waals surface area contributed by atoms with Crippen LogP contribution in [-0.2, 0) is 16.0 Å². The predicted octanol–water partition coefficient (Wildman–Crippen LogP) is 0.785. The highest BCUT2D eigenvalue weighted by Crippen LogP contribution is 2.10. The van der Waals surface area contributed by atoms with Gasteiger partial charge in [-0.2, -0.15) is 0 Å². The van der Waals surface area contributed by atoms with Gasteiger partial charge in [-0.1, -0.05) is 30.3 Å². The lowest BCUT2D eigenvalue weighted by Crippen LogP contribution is -2.43. The smallest absolute Gasteiger partial charge is 0.236 e. The molecule has 1 aromatic rings. The third-order valence-electron chi connectivity index (χ3n) is 3.94. The minimum atomic E-state index is 0.111. The van der Waals surface area contributed by atoms with Gasteiger partial charge in [0.05, 0.1) is 12.6 Å². The third kappa shape index (κ3) is 5.75. The van der Waals surface area contributed by atoms with Gasteiger partial charge in [0.25, 0.3) is 0 Å². The van der Waals surface area contributed by atoms with Crippen LogP contribution in [0.4, 0.5) is 0 Å². The van der Waals surface area contributed by atoms with Gasteiger partial charge < -0.3 is 20.7 Å². The highest BCUT2D eigenvalue weighted by Gasteiger charge is 2.17. The van der Waals surface area contributed by atoms with Crippen molar-refractivity contribution in [2.75, 3.05) is 39.3 Å². The van der Waals surface area contributed by atoms with Crippen molar-refractivity contribution in [2.45, 2.75) is 25.4 Å². The Hall–Kier alpha value is -1.43. The zero-order chi connectivity index (χ0) is 15.6. The van der Waals surface area contributed by atoms with E-state index in [4.69, 9.17) is 10.5 Å². The van der Waals surface area contributed by atoms with Gasteiger partial charge in [-0.3, -0.25) is 4.79 Å². The van der Waals surface area contributed by atoms with E-state index < -0.39 is 0 Å². The molecule has 0 aliphatic carbocycles. The molecular weight excluding hydrogens is 278 g/mol. The van der Waals surface area contributed by atoms with E-state index in [-0.39, 0.29) is 12.0 Å². The molecule has 1 amide bonds. The van der Waals surface area contributed by atoms with Crippen LogP contribution in [-0.4, -0.2) is 56.2 Å². The molecule has 22 heavy (non-hydrogen) atoms. The van der Waals surface area contributed by atoms with Crippen LogP contribution >= 0.6 is 0 Å². The van der Waals surface area contributed by atoms with E-state index in [0.29, 0.717) is 26.2 Å². The molecular formula is C17H27N3O2. The number of carbonyl (C=O) groups excluding carboxylic acids is 1. The molecule has 2 rings (SSSR count). The highest BCUT2D eigenvalue weighted by atomic mass is 16.5. The summed E-state index contributed by atoms with van der Waals surface area (Å²) in [5, 5.41) is 3.21. The minimum Gasteiger partial charge on any atom is -0.377 e. The summed E-state index contributed by atoms with van der Waals surface area (Å²) in [4.78, 5) is 14.1. The topological polar surface area (TPSA) is 67.6 Å². The van der Waals surface area contributed by atoms with Gasteiger partial charge in [-0.25, -0.2) is 0 Å². The molecule has 0 spiro atoms. The van der Waals surface area contributed by atoms with Crippen molar-refractivity contribution < 1.29 is 9.53 Å². The van der Waals surface area contributed by atoms with Gasteiger partial charge in [0, 0.05) is 32.8 Å². The Labute approximate surface area is 132 Å². The van der Waals surface area contributed by atoms with Crippen LogP contribution in [0.25, 0.3) is 0 Å². The number of carbonyl (C=O) groups is 1. The molecule has 1 fully saturated rings. The molecule has 1 heterocycles. The van der Waals surface area contributed by atoms with E-state index in [1.54, 1.807) is 0 Å². The second kappa shape index (κ2) is 9.56. The maximum atomic E-state index is 12.3. The summed E-state index contributed by atoms with van der Waals surface area (Å²) in [5.74, 6) is 0.111. The molecule has 0 radical (unpaired) electrons. The van der Waals surface area contributed by atoms with Gasteiger partial charge in [0.2, 0.25) is 5.91 Å². The summed E-state index contributed by atoms with van der Waals surface area (Å²) in [6.07, 6.45) is 3.33. The zero-order valence-electron chi connectivity index (χ0n) is 13.2. The van der Waals surface area contributed by atoms with Gasteiger partial charge in [-0.05, 0) is 24.8 Å². The van der Waals surface area contributed by atoms with Crippen LogP contribution in [0.5, 0.6) is 0 Å². The maximum Gasteiger partial charge on any atom is 0.236 e. The molecule has 1 saturated heterocycles. The van der Waals surface area contributed by atoms with Crippen LogP contribution in [0, 0.1) is 0 Å². The lowest BCUT2D eigenvalue weighted by Gasteiger charge is -2.22. The number of ether oxygens (including phenoxy) is 1. The summed E-state index contributed by atoms with van der Waals surface area (Å²) in [6.45, 7) is 3.76. The van der Waals surface area contributed by atoms with E-state index in [1.165, 1.54) is 5.56 Å². The first-order valence-electron chi connectivity index (χ1n) is 8.13. The van der Waals surface area contributed by atoms with Crippen molar-refractivity contribution in [1.82, 2.24) is 10.2 Å². The molecule has 1 aliphatic heterocycles. The molecule has 0 saturated carbocycles. The summed E-state index contributed by atoms with van der Waals surface area (Å²) < 4.78 is 5.54. The quantitative estimate of drug-likeness (QED) is 0.708. The number of hydrogen-bond acceptors (Lipinski definition) is 4. The molecule has 3 N–H and O–H groups in total. The number of nitrogens with one attached hydrogen (secondary N) is 1. The lowest BCUT2D eigenvalue weighted by molar-refractivity contribution is -0.130. The maximum absolute atomic E-state index is 12.3. The lowest BCUT2D eigenvalue weighted by atomic mass is 10.1. The van der Waals surface area contributed by atoms with E-state index >= 15 is 0 Å². The second-order valence-corrected chi connectivity index (χ2v) is 5.67. The van der Waals surface area contributed by atoms with E-state index in [1.807, 2.05) is 23.1 Å².